The maximum atomic E-state index is 13.3. The summed E-state index contributed by atoms with van der Waals surface area (Å²) in [4.78, 5) is 26.2. The molecule has 31 heavy (non-hydrogen) atoms. The first-order valence-electron chi connectivity index (χ1n) is 9.43. The van der Waals surface area contributed by atoms with Crippen LogP contribution in [0.4, 0.5) is 19.0 Å². The maximum absolute atomic E-state index is 13.3. The highest BCUT2D eigenvalue weighted by Gasteiger charge is 2.31. The van der Waals surface area contributed by atoms with E-state index in [1.807, 2.05) is 0 Å². The molecule has 0 fully saturated rings. The molecule has 0 radical (unpaired) electrons. The van der Waals surface area contributed by atoms with Crippen LogP contribution in [-0.2, 0) is 13.2 Å². The number of aromatic nitrogens is 1. The number of alkyl halides is 3. The number of amides is 1. The van der Waals surface area contributed by atoms with E-state index < -0.39 is 23.1 Å². The van der Waals surface area contributed by atoms with E-state index in [1.165, 1.54) is 12.1 Å². The fourth-order valence-electron chi connectivity index (χ4n) is 3.52. The first kappa shape index (κ1) is 20.4. The van der Waals surface area contributed by atoms with Gasteiger partial charge in [0.05, 0.1) is 16.6 Å². The Balaban J connectivity index is 1.98. The molecule has 0 unspecified atom stereocenters. The minimum Gasteiger partial charge on any atom is -0.330 e. The second-order valence-electron chi connectivity index (χ2n) is 7.03. The molecule has 4 rings (SSSR count). The van der Waals surface area contributed by atoms with Crippen molar-refractivity contribution in [3.8, 4) is 11.1 Å². The Morgan fingerprint density at radius 3 is 2.29 bits per heavy atom. The Labute approximate surface area is 175 Å². The second-order valence-corrected chi connectivity index (χ2v) is 7.03. The lowest BCUT2D eigenvalue weighted by Crippen LogP contribution is -2.21. The molecule has 156 valence electrons. The van der Waals surface area contributed by atoms with E-state index in [4.69, 9.17) is 0 Å². The number of anilines is 1. The van der Waals surface area contributed by atoms with Gasteiger partial charge in [0.1, 0.15) is 5.82 Å². The van der Waals surface area contributed by atoms with E-state index in [0.29, 0.717) is 16.5 Å². The monoisotopic (exact) mass is 422 g/mol. The average Bonchev–Trinajstić information content (AvgIpc) is 2.77. The molecule has 0 aliphatic carbocycles. The zero-order chi connectivity index (χ0) is 22.2. The van der Waals surface area contributed by atoms with Gasteiger partial charge in [-0.25, -0.2) is 0 Å². The molecule has 1 heterocycles. The molecule has 1 aromatic heterocycles. The summed E-state index contributed by atoms with van der Waals surface area (Å²) in [6.45, 7) is 0. The van der Waals surface area contributed by atoms with E-state index in [0.717, 1.165) is 12.1 Å². The summed E-state index contributed by atoms with van der Waals surface area (Å²) >= 11 is 0. The lowest BCUT2D eigenvalue weighted by Gasteiger charge is -2.19. The van der Waals surface area contributed by atoms with Crippen molar-refractivity contribution in [2.24, 2.45) is 7.05 Å². The first-order chi connectivity index (χ1) is 14.8. The smallest absolute Gasteiger partial charge is 0.330 e. The van der Waals surface area contributed by atoms with Crippen molar-refractivity contribution in [1.82, 2.24) is 4.57 Å². The number of fused-ring (bicyclic) bond motifs is 1. The van der Waals surface area contributed by atoms with Crippen LogP contribution in [0, 0.1) is 0 Å². The number of pyridine rings is 1. The maximum Gasteiger partial charge on any atom is 0.416 e. The summed E-state index contributed by atoms with van der Waals surface area (Å²) in [5.41, 5.74) is -0.359. The number of halogens is 3. The molecule has 0 saturated heterocycles. The van der Waals surface area contributed by atoms with Gasteiger partial charge in [0.15, 0.2) is 5.43 Å². The normalized spacial score (nSPS) is 11.5. The first-order valence-corrected chi connectivity index (χ1v) is 9.43. The number of aryl methyl sites for hydroxylation is 1. The van der Waals surface area contributed by atoms with E-state index in [1.54, 1.807) is 66.2 Å². The molecule has 4 aromatic rings. The standard InChI is InChI=1S/C24H17F3N2O2/c1-29-19-13-6-5-12-18(19)21(30)20(16-10-7-11-17(14-16)24(25,26)27)22(29)28-23(31)15-8-3-2-4-9-15/h2-14H,1H3,(H,28,31). The molecule has 1 amide bonds. The highest BCUT2D eigenvalue weighted by Crippen LogP contribution is 2.34. The molecule has 0 saturated carbocycles. The van der Waals surface area contributed by atoms with Crippen LogP contribution in [0.5, 0.6) is 0 Å². The molecular formula is C24H17F3N2O2. The van der Waals surface area contributed by atoms with Crippen molar-refractivity contribution >= 4 is 22.6 Å². The second kappa shape index (κ2) is 7.75. The SMILES string of the molecule is Cn1c(NC(=O)c2ccccc2)c(-c2cccc(C(F)(F)F)c2)c(=O)c2ccccc21. The molecule has 0 bridgehead atoms. The summed E-state index contributed by atoms with van der Waals surface area (Å²) in [7, 11) is 1.65. The van der Waals surface area contributed by atoms with Gasteiger partial charge in [-0.2, -0.15) is 13.2 Å². The van der Waals surface area contributed by atoms with Gasteiger partial charge >= 0.3 is 6.18 Å². The van der Waals surface area contributed by atoms with E-state index >= 15 is 0 Å². The third kappa shape index (κ3) is 3.82. The number of hydrogen-bond acceptors (Lipinski definition) is 2. The lowest BCUT2D eigenvalue weighted by atomic mass is 10.00. The van der Waals surface area contributed by atoms with Gasteiger partial charge in [-0.1, -0.05) is 42.5 Å². The quantitative estimate of drug-likeness (QED) is 0.476. The number of para-hydroxylation sites is 1. The van der Waals surface area contributed by atoms with E-state index in [-0.39, 0.29) is 16.9 Å². The molecular weight excluding hydrogens is 405 g/mol. The molecule has 7 heteroatoms. The van der Waals surface area contributed by atoms with Crippen molar-refractivity contribution in [2.45, 2.75) is 6.18 Å². The predicted molar refractivity (Wildman–Crippen MR) is 114 cm³/mol. The van der Waals surface area contributed by atoms with Crippen LogP contribution >= 0.6 is 0 Å². The van der Waals surface area contributed by atoms with Gasteiger partial charge in [0, 0.05) is 18.0 Å². The third-order valence-corrected chi connectivity index (χ3v) is 5.06. The van der Waals surface area contributed by atoms with Crippen LogP contribution in [0.2, 0.25) is 0 Å². The Morgan fingerprint density at radius 2 is 1.58 bits per heavy atom. The number of carbonyl (C=O) groups is 1. The number of benzene rings is 3. The van der Waals surface area contributed by atoms with Gasteiger partial charge in [0.25, 0.3) is 5.91 Å². The average molecular weight is 422 g/mol. The van der Waals surface area contributed by atoms with E-state index in [2.05, 4.69) is 5.32 Å². The summed E-state index contributed by atoms with van der Waals surface area (Å²) in [5.74, 6) is -0.351. The summed E-state index contributed by atoms with van der Waals surface area (Å²) in [5, 5.41) is 3.07. The minimum absolute atomic E-state index is 0.00317. The fraction of sp³-hybridized carbons (Fsp3) is 0.0833. The summed E-state index contributed by atoms with van der Waals surface area (Å²) in [6, 6.07) is 19.7. The van der Waals surface area contributed by atoms with Crippen molar-refractivity contribution < 1.29 is 18.0 Å². The number of rotatable bonds is 3. The highest BCUT2D eigenvalue weighted by atomic mass is 19.4. The Bertz CT molecular complexity index is 1340. The van der Waals surface area contributed by atoms with Gasteiger partial charge in [0.2, 0.25) is 0 Å². The van der Waals surface area contributed by atoms with Crippen LogP contribution in [0.25, 0.3) is 22.0 Å². The van der Waals surface area contributed by atoms with Gasteiger partial charge in [-0.15, -0.1) is 0 Å². The topological polar surface area (TPSA) is 51.1 Å². The van der Waals surface area contributed by atoms with Crippen LogP contribution in [-0.4, -0.2) is 10.5 Å². The zero-order valence-electron chi connectivity index (χ0n) is 16.4. The van der Waals surface area contributed by atoms with Crippen molar-refractivity contribution in [3.05, 3.63) is 100 Å². The predicted octanol–water partition coefficient (Wildman–Crippen LogP) is 5.48. The Morgan fingerprint density at radius 1 is 0.903 bits per heavy atom. The molecule has 3 aromatic carbocycles. The summed E-state index contributed by atoms with van der Waals surface area (Å²) < 4.78 is 41.5. The number of nitrogens with zero attached hydrogens (tertiary/aromatic N) is 1. The van der Waals surface area contributed by atoms with E-state index in [9.17, 15) is 22.8 Å². The Hall–Kier alpha value is -3.87. The lowest BCUT2D eigenvalue weighted by molar-refractivity contribution is -0.137. The van der Waals surface area contributed by atoms with Gasteiger partial charge in [-0.3, -0.25) is 9.59 Å². The molecule has 0 spiro atoms. The minimum atomic E-state index is -4.56. The fourth-order valence-corrected chi connectivity index (χ4v) is 3.52. The molecule has 0 atom stereocenters. The number of carbonyl (C=O) groups excluding carboxylic acids is 1. The third-order valence-electron chi connectivity index (χ3n) is 5.06. The highest BCUT2D eigenvalue weighted by molar-refractivity contribution is 6.06. The van der Waals surface area contributed by atoms with Crippen molar-refractivity contribution in [1.29, 1.82) is 0 Å². The largest absolute Gasteiger partial charge is 0.416 e. The molecule has 0 aliphatic rings. The van der Waals surface area contributed by atoms with Gasteiger partial charge < -0.3 is 9.88 Å². The Kier molecular flexibility index (Phi) is 5.10. The number of hydrogen-bond donors (Lipinski definition) is 1. The van der Waals surface area contributed by atoms with Crippen molar-refractivity contribution in [3.63, 3.8) is 0 Å². The number of nitrogens with one attached hydrogen (secondary N) is 1. The van der Waals surface area contributed by atoms with Crippen molar-refractivity contribution in [2.75, 3.05) is 5.32 Å². The zero-order valence-corrected chi connectivity index (χ0v) is 16.4. The van der Waals surface area contributed by atoms with Crippen LogP contribution in [0.1, 0.15) is 15.9 Å². The molecule has 4 nitrogen and oxygen atoms in total. The molecule has 0 aliphatic heterocycles. The van der Waals surface area contributed by atoms with Crippen LogP contribution in [0.15, 0.2) is 83.7 Å². The van der Waals surface area contributed by atoms with Gasteiger partial charge in [-0.05, 0) is 42.0 Å². The molecule has 1 N–H and O–H groups in total. The van der Waals surface area contributed by atoms with Crippen LogP contribution < -0.4 is 10.7 Å². The summed E-state index contributed by atoms with van der Waals surface area (Å²) in [6.07, 6.45) is -4.56. The van der Waals surface area contributed by atoms with Crippen LogP contribution in [0.3, 0.4) is 0 Å².